The molecule has 5 heteroatoms. The number of thiazole rings is 1. The number of anilines is 1. The summed E-state index contributed by atoms with van der Waals surface area (Å²) >= 11 is 1.64. The van der Waals surface area contributed by atoms with E-state index in [1.54, 1.807) is 11.3 Å². The Morgan fingerprint density at radius 3 is 3.00 bits per heavy atom. The molecule has 78 valence electrons. The van der Waals surface area contributed by atoms with Crippen molar-refractivity contribution in [2.45, 2.75) is 13.0 Å². The van der Waals surface area contributed by atoms with Gasteiger partial charge in [0, 0.05) is 18.0 Å². The van der Waals surface area contributed by atoms with Crippen LogP contribution in [0, 0.1) is 6.92 Å². The average Bonchev–Trinajstić information content (AvgIpc) is 2.47. The van der Waals surface area contributed by atoms with E-state index >= 15 is 0 Å². The predicted molar refractivity (Wildman–Crippen MR) is 57.5 cm³/mol. The number of aromatic nitrogens is 1. The lowest BCUT2D eigenvalue weighted by molar-refractivity contribution is -0.0209. The molecule has 0 aliphatic carbocycles. The van der Waals surface area contributed by atoms with Crippen LogP contribution in [0.2, 0.25) is 0 Å². The van der Waals surface area contributed by atoms with Gasteiger partial charge in [0.05, 0.1) is 6.61 Å². The summed E-state index contributed by atoms with van der Waals surface area (Å²) < 4.78 is 5.65. The molecule has 0 amide bonds. The topological polar surface area (TPSA) is 51.4 Å². The smallest absolute Gasteiger partial charge is 0.137 e. The summed E-state index contributed by atoms with van der Waals surface area (Å²) in [7, 11) is 2.10. The number of rotatable bonds is 1. The van der Waals surface area contributed by atoms with E-state index in [0.29, 0.717) is 5.82 Å². The van der Waals surface area contributed by atoms with Gasteiger partial charge in [0.25, 0.3) is 0 Å². The van der Waals surface area contributed by atoms with Crippen LogP contribution >= 0.6 is 11.3 Å². The molecule has 14 heavy (non-hydrogen) atoms. The summed E-state index contributed by atoms with van der Waals surface area (Å²) in [6.45, 7) is 4.67. The molecule has 0 radical (unpaired) electrons. The minimum absolute atomic E-state index is 0.106. The van der Waals surface area contributed by atoms with Crippen molar-refractivity contribution in [2.24, 2.45) is 0 Å². The molecule has 1 atom stereocenters. The monoisotopic (exact) mass is 213 g/mol. The fourth-order valence-electron chi connectivity index (χ4n) is 1.49. The maximum absolute atomic E-state index is 5.71. The number of hydrogen-bond acceptors (Lipinski definition) is 5. The van der Waals surface area contributed by atoms with Gasteiger partial charge in [-0.15, -0.1) is 11.3 Å². The van der Waals surface area contributed by atoms with Crippen LogP contribution in [0.5, 0.6) is 0 Å². The van der Waals surface area contributed by atoms with Gasteiger partial charge in [0.2, 0.25) is 0 Å². The molecule has 1 aliphatic heterocycles. The minimum atomic E-state index is 0.106. The van der Waals surface area contributed by atoms with Crippen molar-refractivity contribution in [3.8, 4) is 0 Å². The normalized spacial score (nSPS) is 24.0. The molecular formula is C9H15N3OS. The Kier molecular flexibility index (Phi) is 2.71. The van der Waals surface area contributed by atoms with Gasteiger partial charge in [0.15, 0.2) is 0 Å². The van der Waals surface area contributed by atoms with Crippen molar-refractivity contribution in [1.82, 2.24) is 9.88 Å². The van der Waals surface area contributed by atoms with Crippen molar-refractivity contribution in [1.29, 1.82) is 0 Å². The highest BCUT2D eigenvalue weighted by molar-refractivity contribution is 7.12. The lowest BCUT2D eigenvalue weighted by atomic mass is 10.3. The molecule has 1 unspecified atom stereocenters. The molecule has 0 bridgehead atoms. The van der Waals surface area contributed by atoms with Gasteiger partial charge in [-0.1, -0.05) is 0 Å². The Labute approximate surface area is 87.7 Å². The summed E-state index contributed by atoms with van der Waals surface area (Å²) in [5.74, 6) is 0.641. The number of hydrogen-bond donors (Lipinski definition) is 1. The molecule has 2 rings (SSSR count). The van der Waals surface area contributed by atoms with Crippen LogP contribution in [0.1, 0.15) is 16.0 Å². The average molecular weight is 213 g/mol. The first-order valence-electron chi connectivity index (χ1n) is 4.70. The van der Waals surface area contributed by atoms with Crippen LogP contribution in [0.4, 0.5) is 5.82 Å². The van der Waals surface area contributed by atoms with Crippen molar-refractivity contribution >= 4 is 17.2 Å². The second kappa shape index (κ2) is 3.84. The summed E-state index contributed by atoms with van der Waals surface area (Å²) in [5, 5.41) is 1.01. The molecular weight excluding hydrogens is 198 g/mol. The van der Waals surface area contributed by atoms with Gasteiger partial charge in [-0.3, -0.25) is 0 Å². The van der Waals surface area contributed by atoms with Gasteiger partial charge in [-0.2, -0.15) is 0 Å². The van der Waals surface area contributed by atoms with E-state index in [0.717, 1.165) is 29.6 Å². The van der Waals surface area contributed by atoms with Crippen molar-refractivity contribution in [3.63, 3.8) is 0 Å². The van der Waals surface area contributed by atoms with E-state index in [1.807, 2.05) is 6.92 Å². The first kappa shape index (κ1) is 9.89. The third kappa shape index (κ3) is 1.89. The molecule has 1 aliphatic rings. The van der Waals surface area contributed by atoms with E-state index in [-0.39, 0.29) is 6.10 Å². The molecule has 1 fully saturated rings. The SMILES string of the molecule is Cc1sc(C2CN(C)CCO2)nc1N. The minimum Gasteiger partial charge on any atom is -0.383 e. The number of nitrogens with zero attached hydrogens (tertiary/aromatic N) is 2. The summed E-state index contributed by atoms with van der Waals surface area (Å²) in [6.07, 6.45) is 0.106. The highest BCUT2D eigenvalue weighted by Crippen LogP contribution is 2.28. The van der Waals surface area contributed by atoms with Crippen LogP contribution in [0.15, 0.2) is 0 Å². The second-order valence-corrected chi connectivity index (χ2v) is 4.85. The first-order valence-corrected chi connectivity index (χ1v) is 5.51. The zero-order valence-electron chi connectivity index (χ0n) is 8.49. The number of ether oxygens (including phenoxy) is 1. The van der Waals surface area contributed by atoms with Gasteiger partial charge in [0.1, 0.15) is 16.9 Å². The van der Waals surface area contributed by atoms with E-state index in [4.69, 9.17) is 10.5 Å². The van der Waals surface area contributed by atoms with Gasteiger partial charge < -0.3 is 15.4 Å². The summed E-state index contributed by atoms with van der Waals surface area (Å²) in [5.41, 5.74) is 5.71. The van der Waals surface area contributed by atoms with Crippen LogP contribution in [-0.4, -0.2) is 36.6 Å². The summed E-state index contributed by atoms with van der Waals surface area (Å²) in [4.78, 5) is 7.64. The van der Waals surface area contributed by atoms with Gasteiger partial charge in [-0.05, 0) is 14.0 Å². The second-order valence-electron chi connectivity index (χ2n) is 3.62. The molecule has 1 saturated heterocycles. The molecule has 2 heterocycles. The fourth-order valence-corrected chi connectivity index (χ4v) is 2.38. The Balaban J connectivity index is 2.14. The number of nitrogens with two attached hydrogens (primary N) is 1. The lowest BCUT2D eigenvalue weighted by Crippen LogP contribution is -2.35. The quantitative estimate of drug-likeness (QED) is 0.757. The zero-order valence-corrected chi connectivity index (χ0v) is 9.30. The predicted octanol–water partition coefficient (Wildman–Crippen LogP) is 1.04. The molecule has 1 aromatic rings. The Hall–Kier alpha value is -0.650. The first-order chi connectivity index (χ1) is 6.66. The number of morpholine rings is 1. The molecule has 0 saturated carbocycles. The van der Waals surface area contributed by atoms with Gasteiger partial charge >= 0.3 is 0 Å². The molecule has 0 aromatic carbocycles. The Morgan fingerprint density at radius 1 is 1.64 bits per heavy atom. The van der Waals surface area contributed by atoms with Crippen molar-refractivity contribution < 1.29 is 4.74 Å². The van der Waals surface area contributed by atoms with Crippen LogP contribution in [-0.2, 0) is 4.74 Å². The van der Waals surface area contributed by atoms with Crippen LogP contribution in [0.3, 0.4) is 0 Å². The number of nitrogen functional groups attached to an aromatic ring is 1. The van der Waals surface area contributed by atoms with Crippen LogP contribution in [0.25, 0.3) is 0 Å². The maximum atomic E-state index is 5.71. The molecule has 2 N–H and O–H groups in total. The maximum Gasteiger partial charge on any atom is 0.137 e. The van der Waals surface area contributed by atoms with Crippen LogP contribution < -0.4 is 5.73 Å². The standard InChI is InChI=1S/C9H15N3OS/c1-6-8(10)11-9(14-6)7-5-12(2)3-4-13-7/h7H,3-5,10H2,1-2H3. The Morgan fingerprint density at radius 2 is 2.43 bits per heavy atom. The molecule has 0 spiro atoms. The number of aryl methyl sites for hydroxylation is 1. The zero-order chi connectivity index (χ0) is 10.1. The third-order valence-corrected chi connectivity index (χ3v) is 3.47. The van der Waals surface area contributed by atoms with E-state index in [9.17, 15) is 0 Å². The van der Waals surface area contributed by atoms with E-state index in [1.165, 1.54) is 0 Å². The third-order valence-electron chi connectivity index (χ3n) is 2.39. The highest BCUT2D eigenvalue weighted by Gasteiger charge is 2.22. The lowest BCUT2D eigenvalue weighted by Gasteiger charge is -2.28. The highest BCUT2D eigenvalue weighted by atomic mass is 32.1. The largest absolute Gasteiger partial charge is 0.383 e. The Bertz CT molecular complexity index is 306. The van der Waals surface area contributed by atoms with E-state index in [2.05, 4.69) is 16.9 Å². The van der Waals surface area contributed by atoms with Crippen molar-refractivity contribution in [2.75, 3.05) is 32.5 Å². The molecule has 1 aromatic heterocycles. The molecule has 4 nitrogen and oxygen atoms in total. The van der Waals surface area contributed by atoms with E-state index < -0.39 is 0 Å². The van der Waals surface area contributed by atoms with Gasteiger partial charge in [-0.25, -0.2) is 4.98 Å². The number of likely N-dealkylation sites (N-methyl/N-ethyl adjacent to an activating group) is 1. The summed E-state index contributed by atoms with van der Waals surface area (Å²) in [6, 6.07) is 0. The fraction of sp³-hybridized carbons (Fsp3) is 0.667. The van der Waals surface area contributed by atoms with Crippen molar-refractivity contribution in [3.05, 3.63) is 9.88 Å².